The lowest BCUT2D eigenvalue weighted by Crippen LogP contribution is -2.45. The van der Waals surface area contributed by atoms with Crippen LogP contribution in [0, 0.1) is 0 Å². The summed E-state index contributed by atoms with van der Waals surface area (Å²) >= 11 is 5.94. The van der Waals surface area contributed by atoms with E-state index in [-0.39, 0.29) is 10.5 Å². The molecule has 9 heteroatoms. The average molecular weight is 398 g/mol. The molecule has 0 bridgehead atoms. The van der Waals surface area contributed by atoms with Gasteiger partial charge in [-0.05, 0) is 25.6 Å². The molecule has 0 unspecified atom stereocenters. The number of likely N-dealkylation sites (N-methyl/N-ethyl adjacent to an activating group) is 1. The van der Waals surface area contributed by atoms with Crippen LogP contribution in [-0.4, -0.2) is 52.5 Å². The average Bonchev–Trinajstić information content (AvgIpc) is 3.05. The quantitative estimate of drug-likeness (QED) is 0.657. The topological polar surface area (TPSA) is 36.7 Å². The molecule has 1 aliphatic rings. The van der Waals surface area contributed by atoms with Gasteiger partial charge < -0.3 is 9.80 Å². The summed E-state index contributed by atoms with van der Waals surface area (Å²) in [6.45, 7) is 5.21. The molecule has 2 aromatic heterocycles. The summed E-state index contributed by atoms with van der Waals surface area (Å²) in [4.78, 5) is 13.5. The Labute approximate surface area is 159 Å². The summed E-state index contributed by atoms with van der Waals surface area (Å²) in [6, 6.07) is 2.36. The van der Waals surface area contributed by atoms with Crippen molar-refractivity contribution in [3.8, 4) is 0 Å². The summed E-state index contributed by atoms with van der Waals surface area (Å²) in [6.07, 6.45) is -1.96. The van der Waals surface area contributed by atoms with E-state index >= 15 is 0 Å². The van der Waals surface area contributed by atoms with Crippen molar-refractivity contribution in [2.75, 3.05) is 38.1 Å². The second-order valence-corrected chi connectivity index (χ2v) is 7.23. The first-order valence-electron chi connectivity index (χ1n) is 8.80. The monoisotopic (exact) mass is 397 g/mol. The molecule has 1 fully saturated rings. The predicted molar refractivity (Wildman–Crippen MR) is 99.6 cm³/mol. The molecule has 1 aromatic carbocycles. The van der Waals surface area contributed by atoms with Crippen LogP contribution >= 0.6 is 11.6 Å². The van der Waals surface area contributed by atoms with Crippen LogP contribution in [-0.2, 0) is 12.6 Å². The van der Waals surface area contributed by atoms with Crippen LogP contribution in [0.3, 0.4) is 0 Å². The standard InChI is InChI=1S/C18H19ClF3N5/c1-3-11-10-27-15-9-13(19)12(18(20,21)22)8-14(15)24-16(17(27)23-11)26-6-4-25(2)5-7-26/h8-10H,3-7H2,1-2H3. The van der Waals surface area contributed by atoms with Crippen LogP contribution in [0.5, 0.6) is 0 Å². The summed E-state index contributed by atoms with van der Waals surface area (Å²) in [5.41, 5.74) is 1.42. The van der Waals surface area contributed by atoms with Gasteiger partial charge in [0.05, 0.1) is 27.3 Å². The maximum atomic E-state index is 13.3. The molecule has 1 aliphatic heterocycles. The molecule has 1 saturated heterocycles. The van der Waals surface area contributed by atoms with E-state index in [1.807, 2.05) is 20.2 Å². The number of imidazole rings is 1. The zero-order chi connectivity index (χ0) is 19.3. The van der Waals surface area contributed by atoms with Gasteiger partial charge in [0.1, 0.15) is 0 Å². The Balaban J connectivity index is 1.97. The largest absolute Gasteiger partial charge is 0.417 e. The first kappa shape index (κ1) is 18.3. The zero-order valence-corrected chi connectivity index (χ0v) is 15.8. The van der Waals surface area contributed by atoms with Crippen LogP contribution in [0.4, 0.5) is 19.0 Å². The highest BCUT2D eigenvalue weighted by Crippen LogP contribution is 2.37. The first-order chi connectivity index (χ1) is 12.8. The molecule has 3 heterocycles. The van der Waals surface area contributed by atoms with Crippen LogP contribution < -0.4 is 4.90 Å². The van der Waals surface area contributed by atoms with E-state index in [1.54, 1.807) is 4.40 Å². The minimum Gasteiger partial charge on any atom is -0.351 e. The lowest BCUT2D eigenvalue weighted by Gasteiger charge is -2.33. The van der Waals surface area contributed by atoms with Crippen molar-refractivity contribution in [2.45, 2.75) is 19.5 Å². The fourth-order valence-electron chi connectivity index (χ4n) is 3.39. The fourth-order valence-corrected chi connectivity index (χ4v) is 3.65. The Morgan fingerprint density at radius 3 is 2.44 bits per heavy atom. The second-order valence-electron chi connectivity index (χ2n) is 6.82. The smallest absolute Gasteiger partial charge is 0.351 e. The molecule has 144 valence electrons. The van der Waals surface area contributed by atoms with E-state index < -0.39 is 11.7 Å². The number of halogens is 4. The van der Waals surface area contributed by atoms with Gasteiger partial charge in [0.25, 0.3) is 0 Å². The highest BCUT2D eigenvalue weighted by atomic mass is 35.5. The van der Waals surface area contributed by atoms with Gasteiger partial charge in [-0.25, -0.2) is 9.97 Å². The number of hydrogen-bond donors (Lipinski definition) is 0. The van der Waals surface area contributed by atoms with Crippen LogP contribution in [0.1, 0.15) is 18.2 Å². The molecule has 0 radical (unpaired) electrons. The summed E-state index contributed by atoms with van der Waals surface area (Å²) < 4.78 is 41.7. The van der Waals surface area contributed by atoms with Gasteiger partial charge in [0, 0.05) is 32.4 Å². The lowest BCUT2D eigenvalue weighted by atomic mass is 10.1. The van der Waals surface area contributed by atoms with Gasteiger partial charge in [-0.15, -0.1) is 0 Å². The summed E-state index contributed by atoms with van der Waals surface area (Å²) in [5.74, 6) is 0.616. The molecule has 5 nitrogen and oxygen atoms in total. The third-order valence-electron chi connectivity index (χ3n) is 4.98. The van der Waals surface area contributed by atoms with Crippen molar-refractivity contribution < 1.29 is 13.2 Å². The van der Waals surface area contributed by atoms with Crippen molar-refractivity contribution in [1.82, 2.24) is 19.3 Å². The SMILES string of the molecule is CCc1cn2c(n1)c(N1CCN(C)CC1)nc1cc(C(F)(F)F)c(Cl)cc12. The van der Waals surface area contributed by atoms with Crippen LogP contribution in [0.2, 0.25) is 5.02 Å². The maximum Gasteiger partial charge on any atom is 0.417 e. The highest BCUT2D eigenvalue weighted by molar-refractivity contribution is 6.32. The molecule has 0 N–H and O–H groups in total. The second kappa shape index (κ2) is 6.53. The van der Waals surface area contributed by atoms with Crippen molar-refractivity contribution in [1.29, 1.82) is 0 Å². The molecule has 3 aromatic rings. The molecule has 0 atom stereocenters. The van der Waals surface area contributed by atoms with Gasteiger partial charge in [0.15, 0.2) is 11.5 Å². The van der Waals surface area contributed by atoms with Crippen molar-refractivity contribution in [3.63, 3.8) is 0 Å². The number of nitrogens with zero attached hydrogens (tertiary/aromatic N) is 5. The minimum atomic E-state index is -4.53. The van der Waals surface area contributed by atoms with E-state index in [2.05, 4.69) is 19.8 Å². The van der Waals surface area contributed by atoms with Crippen LogP contribution in [0.15, 0.2) is 18.3 Å². The molecule has 0 spiro atoms. The van der Waals surface area contributed by atoms with Crippen molar-refractivity contribution in [2.24, 2.45) is 0 Å². The van der Waals surface area contributed by atoms with Gasteiger partial charge in [0.2, 0.25) is 0 Å². The van der Waals surface area contributed by atoms with E-state index in [9.17, 15) is 13.2 Å². The first-order valence-corrected chi connectivity index (χ1v) is 9.17. The maximum absolute atomic E-state index is 13.3. The van der Waals surface area contributed by atoms with E-state index in [0.717, 1.165) is 44.4 Å². The Morgan fingerprint density at radius 2 is 1.81 bits per heavy atom. The number of piperazine rings is 1. The summed E-state index contributed by atoms with van der Waals surface area (Å²) in [5, 5.41) is -0.336. The van der Waals surface area contributed by atoms with E-state index in [1.165, 1.54) is 6.07 Å². The number of aryl methyl sites for hydroxylation is 1. The Kier molecular flexibility index (Phi) is 4.43. The minimum absolute atomic E-state index is 0.258. The number of benzene rings is 1. The Hall–Kier alpha value is -2.06. The molecule has 0 aliphatic carbocycles. The van der Waals surface area contributed by atoms with Crippen LogP contribution in [0.25, 0.3) is 16.7 Å². The van der Waals surface area contributed by atoms with Gasteiger partial charge in [-0.3, -0.25) is 4.40 Å². The molecule has 27 heavy (non-hydrogen) atoms. The lowest BCUT2D eigenvalue weighted by molar-refractivity contribution is -0.137. The number of rotatable bonds is 2. The van der Waals surface area contributed by atoms with Gasteiger partial charge >= 0.3 is 6.18 Å². The predicted octanol–water partition coefficient (Wildman–Crippen LogP) is 3.87. The Morgan fingerprint density at radius 1 is 1.11 bits per heavy atom. The fraction of sp³-hybridized carbons (Fsp3) is 0.444. The number of alkyl halides is 3. The number of fused-ring (bicyclic) bond motifs is 3. The molecular formula is C18H19ClF3N5. The zero-order valence-electron chi connectivity index (χ0n) is 15.0. The number of hydrogen-bond acceptors (Lipinski definition) is 4. The molecule has 0 saturated carbocycles. The third-order valence-corrected chi connectivity index (χ3v) is 5.29. The van der Waals surface area contributed by atoms with Crippen molar-refractivity contribution in [3.05, 3.63) is 34.6 Å². The normalized spacial score (nSPS) is 16.6. The van der Waals surface area contributed by atoms with Crippen molar-refractivity contribution >= 4 is 34.1 Å². The Bertz CT molecular complexity index is 1010. The van der Waals surface area contributed by atoms with Gasteiger partial charge in [-0.1, -0.05) is 18.5 Å². The third kappa shape index (κ3) is 3.21. The molecule has 4 rings (SSSR count). The van der Waals surface area contributed by atoms with E-state index in [4.69, 9.17) is 11.6 Å². The summed E-state index contributed by atoms with van der Waals surface area (Å²) in [7, 11) is 2.04. The molecular weight excluding hydrogens is 379 g/mol. The van der Waals surface area contributed by atoms with E-state index in [0.29, 0.717) is 17.0 Å². The van der Waals surface area contributed by atoms with Gasteiger partial charge in [-0.2, -0.15) is 13.2 Å². The molecule has 0 amide bonds. The number of anilines is 1. The highest BCUT2D eigenvalue weighted by Gasteiger charge is 2.34. The number of aromatic nitrogens is 3.